The predicted octanol–water partition coefficient (Wildman–Crippen LogP) is 1.89. The predicted molar refractivity (Wildman–Crippen MR) is 68.2 cm³/mol. The minimum absolute atomic E-state index is 0.103. The largest absolute Gasteiger partial charge is 0.419 e. The highest BCUT2D eigenvalue weighted by molar-refractivity contribution is 5.94. The molecular formula is C13H16F4N2O2. The van der Waals surface area contributed by atoms with E-state index in [1.165, 1.54) is 14.2 Å². The van der Waals surface area contributed by atoms with Gasteiger partial charge in [0.1, 0.15) is 5.82 Å². The van der Waals surface area contributed by atoms with Crippen molar-refractivity contribution in [3.63, 3.8) is 0 Å². The van der Waals surface area contributed by atoms with Crippen LogP contribution in [0.5, 0.6) is 0 Å². The molecule has 4 nitrogen and oxygen atoms in total. The van der Waals surface area contributed by atoms with Crippen molar-refractivity contribution in [2.75, 3.05) is 27.3 Å². The summed E-state index contributed by atoms with van der Waals surface area (Å²) in [5.74, 6) is -2.09. The van der Waals surface area contributed by atoms with Gasteiger partial charge in [-0.05, 0) is 18.2 Å². The molecule has 1 rings (SSSR count). The Labute approximate surface area is 119 Å². The molecule has 2 N–H and O–H groups in total. The van der Waals surface area contributed by atoms with Gasteiger partial charge in [-0.2, -0.15) is 13.2 Å². The molecule has 0 aliphatic carbocycles. The van der Waals surface area contributed by atoms with E-state index in [1.54, 1.807) is 0 Å². The molecule has 0 aliphatic heterocycles. The summed E-state index contributed by atoms with van der Waals surface area (Å²) >= 11 is 0. The molecule has 0 radical (unpaired) electrons. The maximum atomic E-state index is 13.2. The molecule has 1 amide bonds. The van der Waals surface area contributed by atoms with E-state index >= 15 is 0 Å². The zero-order chi connectivity index (χ0) is 16.2. The second-order valence-electron chi connectivity index (χ2n) is 4.59. The number of nitrogens with zero attached hydrogens (tertiary/aromatic N) is 1. The molecule has 1 aromatic carbocycles. The van der Waals surface area contributed by atoms with Crippen molar-refractivity contribution in [2.45, 2.75) is 12.2 Å². The van der Waals surface area contributed by atoms with Crippen molar-refractivity contribution in [3.05, 3.63) is 35.1 Å². The van der Waals surface area contributed by atoms with Crippen LogP contribution in [0.15, 0.2) is 18.2 Å². The molecule has 0 saturated heterocycles. The van der Waals surface area contributed by atoms with Crippen molar-refractivity contribution >= 4 is 5.91 Å². The third kappa shape index (κ3) is 4.68. The Balaban J connectivity index is 2.93. The Morgan fingerprint density at radius 1 is 1.43 bits per heavy atom. The van der Waals surface area contributed by atoms with Gasteiger partial charge >= 0.3 is 6.18 Å². The fraction of sp³-hybridized carbons (Fsp3) is 0.462. The van der Waals surface area contributed by atoms with Crippen molar-refractivity contribution in [3.8, 4) is 0 Å². The molecule has 1 unspecified atom stereocenters. The van der Waals surface area contributed by atoms with Crippen molar-refractivity contribution < 1.29 is 27.1 Å². The molecule has 0 aliphatic rings. The number of carbonyl (C=O) groups is 1. The molecule has 0 spiro atoms. The third-order valence-electron chi connectivity index (χ3n) is 2.75. The molecule has 0 aromatic heterocycles. The highest BCUT2D eigenvalue weighted by atomic mass is 19.4. The monoisotopic (exact) mass is 308 g/mol. The van der Waals surface area contributed by atoms with Gasteiger partial charge in [0.15, 0.2) is 0 Å². The first kappa shape index (κ1) is 17.4. The van der Waals surface area contributed by atoms with Crippen molar-refractivity contribution in [2.24, 2.45) is 5.73 Å². The second kappa shape index (κ2) is 6.86. The molecule has 1 atom stereocenters. The van der Waals surface area contributed by atoms with E-state index in [1.807, 2.05) is 0 Å². The van der Waals surface area contributed by atoms with E-state index in [0.717, 1.165) is 11.0 Å². The van der Waals surface area contributed by atoms with E-state index in [-0.39, 0.29) is 18.7 Å². The van der Waals surface area contributed by atoms with Gasteiger partial charge in [0.05, 0.1) is 12.2 Å². The molecule has 21 heavy (non-hydrogen) atoms. The van der Waals surface area contributed by atoms with Gasteiger partial charge in [0.25, 0.3) is 5.91 Å². The highest BCUT2D eigenvalue weighted by Gasteiger charge is 2.34. The Morgan fingerprint density at radius 3 is 2.57 bits per heavy atom. The van der Waals surface area contributed by atoms with Gasteiger partial charge in [0.2, 0.25) is 0 Å². The molecule has 0 heterocycles. The first-order chi connectivity index (χ1) is 9.66. The minimum atomic E-state index is -4.86. The van der Waals surface area contributed by atoms with Crippen LogP contribution in [-0.4, -0.2) is 44.2 Å². The topological polar surface area (TPSA) is 55.6 Å². The molecule has 1 aromatic rings. The maximum absolute atomic E-state index is 13.2. The van der Waals surface area contributed by atoms with E-state index in [0.29, 0.717) is 12.1 Å². The zero-order valence-corrected chi connectivity index (χ0v) is 11.6. The van der Waals surface area contributed by atoms with Crippen LogP contribution in [0.25, 0.3) is 0 Å². The number of nitrogens with two attached hydrogens (primary N) is 1. The molecule has 0 fully saturated rings. The van der Waals surface area contributed by atoms with Crippen LogP contribution in [0.2, 0.25) is 0 Å². The number of rotatable bonds is 5. The lowest BCUT2D eigenvalue weighted by atomic mass is 10.1. The summed E-state index contributed by atoms with van der Waals surface area (Å²) in [7, 11) is 2.84. The number of methoxy groups -OCH3 is 1. The fourth-order valence-electron chi connectivity index (χ4n) is 1.80. The second-order valence-corrected chi connectivity index (χ2v) is 4.59. The number of hydrogen-bond donors (Lipinski definition) is 1. The summed E-state index contributed by atoms with van der Waals surface area (Å²) in [6, 6.07) is 1.66. The third-order valence-corrected chi connectivity index (χ3v) is 2.75. The van der Waals surface area contributed by atoms with E-state index in [2.05, 4.69) is 0 Å². The molecule has 0 saturated carbocycles. The Kier molecular flexibility index (Phi) is 5.68. The smallest absolute Gasteiger partial charge is 0.383 e. The maximum Gasteiger partial charge on any atom is 0.419 e. The summed E-state index contributed by atoms with van der Waals surface area (Å²) < 4.78 is 55.8. The van der Waals surface area contributed by atoms with Gasteiger partial charge in [-0.1, -0.05) is 0 Å². The molecule has 8 heteroatoms. The van der Waals surface area contributed by atoms with Crippen LogP contribution in [0, 0.1) is 5.82 Å². The lowest BCUT2D eigenvalue weighted by Crippen LogP contribution is -2.41. The number of halogens is 4. The number of likely N-dealkylation sites (N-methyl/N-ethyl adjacent to an activating group) is 1. The standard InChI is InChI=1S/C13H16F4N2O2/c1-19(6-9(18)7-21-2)12(20)8-3-4-11(14)10(5-8)13(15,16)17/h3-5,9H,6-7,18H2,1-2H3. The lowest BCUT2D eigenvalue weighted by molar-refractivity contribution is -0.140. The fourth-order valence-corrected chi connectivity index (χ4v) is 1.80. The number of amides is 1. The lowest BCUT2D eigenvalue weighted by Gasteiger charge is -2.21. The van der Waals surface area contributed by atoms with Gasteiger partial charge in [-0.25, -0.2) is 4.39 Å². The van der Waals surface area contributed by atoms with Crippen LogP contribution < -0.4 is 5.73 Å². The van der Waals surface area contributed by atoms with E-state index < -0.39 is 29.5 Å². The highest BCUT2D eigenvalue weighted by Crippen LogP contribution is 2.32. The van der Waals surface area contributed by atoms with Gasteiger partial charge in [-0.15, -0.1) is 0 Å². The van der Waals surface area contributed by atoms with Gasteiger partial charge in [-0.3, -0.25) is 4.79 Å². The van der Waals surface area contributed by atoms with Crippen LogP contribution in [0.3, 0.4) is 0 Å². The Hall–Kier alpha value is -1.67. The van der Waals surface area contributed by atoms with Gasteiger partial charge < -0.3 is 15.4 Å². The first-order valence-corrected chi connectivity index (χ1v) is 6.03. The Morgan fingerprint density at radius 2 is 2.05 bits per heavy atom. The van der Waals surface area contributed by atoms with Crippen molar-refractivity contribution in [1.29, 1.82) is 0 Å². The summed E-state index contributed by atoms with van der Waals surface area (Å²) in [5.41, 5.74) is 3.94. The number of carbonyl (C=O) groups excluding carboxylic acids is 1. The van der Waals surface area contributed by atoms with Crippen LogP contribution in [-0.2, 0) is 10.9 Å². The summed E-state index contributed by atoms with van der Waals surface area (Å²) in [6.45, 7) is 0.306. The van der Waals surface area contributed by atoms with E-state index in [9.17, 15) is 22.4 Å². The number of hydrogen-bond acceptors (Lipinski definition) is 3. The quantitative estimate of drug-likeness (QED) is 0.845. The zero-order valence-electron chi connectivity index (χ0n) is 11.6. The van der Waals surface area contributed by atoms with Crippen LogP contribution in [0.4, 0.5) is 17.6 Å². The van der Waals surface area contributed by atoms with Crippen LogP contribution in [0.1, 0.15) is 15.9 Å². The van der Waals surface area contributed by atoms with Crippen molar-refractivity contribution in [1.82, 2.24) is 4.90 Å². The number of benzene rings is 1. The number of alkyl halides is 3. The average molecular weight is 308 g/mol. The molecule has 118 valence electrons. The first-order valence-electron chi connectivity index (χ1n) is 6.03. The Bertz CT molecular complexity index is 505. The molecular weight excluding hydrogens is 292 g/mol. The SMILES string of the molecule is COCC(N)CN(C)C(=O)c1ccc(F)c(C(F)(F)F)c1. The van der Waals surface area contributed by atoms with E-state index in [4.69, 9.17) is 10.5 Å². The summed E-state index contributed by atoms with van der Waals surface area (Å²) in [6.07, 6.45) is -4.86. The summed E-state index contributed by atoms with van der Waals surface area (Å²) in [4.78, 5) is 13.2. The normalized spacial score (nSPS) is 13.1. The van der Waals surface area contributed by atoms with Crippen LogP contribution >= 0.6 is 0 Å². The average Bonchev–Trinajstić information content (AvgIpc) is 2.37. The number of ether oxygens (including phenoxy) is 1. The minimum Gasteiger partial charge on any atom is -0.383 e. The molecule has 0 bridgehead atoms. The van der Waals surface area contributed by atoms with Gasteiger partial charge in [0, 0.05) is 32.3 Å². The summed E-state index contributed by atoms with van der Waals surface area (Å²) in [5, 5.41) is 0.